The van der Waals surface area contributed by atoms with E-state index in [2.05, 4.69) is 5.32 Å². The van der Waals surface area contributed by atoms with Crippen LogP contribution in [0.3, 0.4) is 0 Å². The number of ether oxygens (including phenoxy) is 1. The summed E-state index contributed by atoms with van der Waals surface area (Å²) in [6.45, 7) is 1.29. The van der Waals surface area contributed by atoms with Crippen LogP contribution in [-0.4, -0.2) is 23.8 Å². The molecule has 0 radical (unpaired) electrons. The number of anilines is 1. The molecule has 0 saturated carbocycles. The number of benzene rings is 2. The fourth-order valence-electron chi connectivity index (χ4n) is 3.42. The molecular formula is C23H23F2NO4. The van der Waals surface area contributed by atoms with Crippen LogP contribution in [0.1, 0.15) is 54.1 Å². The highest BCUT2D eigenvalue weighted by atomic mass is 19.1. The maximum Gasteiger partial charge on any atom is 0.307 e. The van der Waals surface area contributed by atoms with Crippen LogP contribution in [0.4, 0.5) is 14.5 Å². The summed E-state index contributed by atoms with van der Waals surface area (Å²) >= 11 is 0. The zero-order chi connectivity index (χ0) is 21.7. The van der Waals surface area contributed by atoms with Gasteiger partial charge in [0.05, 0.1) is 6.42 Å². The van der Waals surface area contributed by atoms with Crippen molar-refractivity contribution >= 4 is 23.3 Å². The number of hydrogen-bond acceptors (Lipinski definition) is 4. The number of hydrogen-bond donors (Lipinski definition) is 1. The first-order valence-corrected chi connectivity index (χ1v) is 9.94. The van der Waals surface area contributed by atoms with Crippen molar-refractivity contribution in [3.05, 3.63) is 64.7 Å². The van der Waals surface area contributed by atoms with Crippen LogP contribution in [0.15, 0.2) is 36.4 Å². The summed E-state index contributed by atoms with van der Waals surface area (Å²) in [5.41, 5.74) is 2.40. The molecule has 0 spiro atoms. The zero-order valence-corrected chi connectivity index (χ0v) is 16.7. The number of Topliss-reactive ketones (excluding diaryl/α,β-unsaturated/α-hetero) is 1. The predicted molar refractivity (Wildman–Crippen MR) is 107 cm³/mol. The summed E-state index contributed by atoms with van der Waals surface area (Å²) in [4.78, 5) is 36.5. The van der Waals surface area contributed by atoms with Gasteiger partial charge in [-0.2, -0.15) is 0 Å². The molecule has 0 aliphatic heterocycles. The van der Waals surface area contributed by atoms with E-state index in [0.29, 0.717) is 5.56 Å². The number of aryl methyl sites for hydroxylation is 2. The topological polar surface area (TPSA) is 72.5 Å². The average Bonchev–Trinajstić information content (AvgIpc) is 2.74. The number of carbonyl (C=O) groups is 3. The van der Waals surface area contributed by atoms with Gasteiger partial charge in [0.25, 0.3) is 5.91 Å². The molecule has 0 heterocycles. The maximum absolute atomic E-state index is 13.6. The first kappa shape index (κ1) is 21.6. The Bertz CT molecular complexity index is 953. The molecule has 5 nitrogen and oxygen atoms in total. The first-order chi connectivity index (χ1) is 14.3. The molecule has 0 unspecified atom stereocenters. The Morgan fingerprint density at radius 2 is 1.67 bits per heavy atom. The quantitative estimate of drug-likeness (QED) is 0.538. The molecule has 30 heavy (non-hydrogen) atoms. The lowest BCUT2D eigenvalue weighted by Crippen LogP contribution is -2.30. The summed E-state index contributed by atoms with van der Waals surface area (Å²) in [7, 11) is 0. The Hall–Kier alpha value is -3.09. The lowest BCUT2D eigenvalue weighted by Gasteiger charge is -2.16. The van der Waals surface area contributed by atoms with Crippen LogP contribution < -0.4 is 5.32 Å². The Labute approximate surface area is 173 Å². The van der Waals surface area contributed by atoms with Gasteiger partial charge < -0.3 is 10.1 Å². The molecule has 0 bridgehead atoms. The molecule has 1 amide bonds. The SMILES string of the molecule is C[C@H](OC(=O)CCC(=O)c1ccc2c(c1)CCCC2)C(=O)Nc1c(F)cccc1F. The molecule has 3 rings (SSSR count). The summed E-state index contributed by atoms with van der Waals surface area (Å²) in [6.07, 6.45) is 2.72. The normalized spacial score (nSPS) is 13.8. The molecule has 7 heteroatoms. The van der Waals surface area contributed by atoms with Gasteiger partial charge in [0.2, 0.25) is 0 Å². The van der Waals surface area contributed by atoms with E-state index >= 15 is 0 Å². The lowest BCUT2D eigenvalue weighted by molar-refractivity contribution is -0.153. The van der Waals surface area contributed by atoms with Gasteiger partial charge in [0.15, 0.2) is 11.9 Å². The van der Waals surface area contributed by atoms with Crippen molar-refractivity contribution in [3.8, 4) is 0 Å². The summed E-state index contributed by atoms with van der Waals surface area (Å²) in [6, 6.07) is 8.80. The third-order valence-electron chi connectivity index (χ3n) is 5.12. The Kier molecular flexibility index (Phi) is 6.92. The van der Waals surface area contributed by atoms with Crippen LogP contribution in [0.5, 0.6) is 0 Å². The minimum atomic E-state index is -1.27. The summed E-state index contributed by atoms with van der Waals surface area (Å²) in [5, 5.41) is 2.07. The van der Waals surface area contributed by atoms with Crippen molar-refractivity contribution in [2.75, 3.05) is 5.32 Å². The van der Waals surface area contributed by atoms with Crippen molar-refractivity contribution in [1.82, 2.24) is 0 Å². The van der Waals surface area contributed by atoms with Crippen molar-refractivity contribution < 1.29 is 27.9 Å². The number of fused-ring (bicyclic) bond motifs is 1. The lowest BCUT2D eigenvalue weighted by atomic mass is 9.89. The van der Waals surface area contributed by atoms with Crippen molar-refractivity contribution in [3.63, 3.8) is 0 Å². The van der Waals surface area contributed by atoms with Gasteiger partial charge in [-0.25, -0.2) is 8.78 Å². The van der Waals surface area contributed by atoms with Crippen LogP contribution >= 0.6 is 0 Å². The van der Waals surface area contributed by atoms with E-state index in [9.17, 15) is 23.2 Å². The standard InChI is InChI=1S/C23H23F2NO4/c1-14(23(29)26-22-18(24)7-4-8-19(22)25)30-21(28)12-11-20(27)17-10-9-15-5-2-3-6-16(15)13-17/h4,7-10,13-14H,2-3,5-6,11-12H2,1H3,(H,26,29)/t14-/m0/s1. The van der Waals surface area contributed by atoms with E-state index in [1.165, 1.54) is 24.1 Å². The van der Waals surface area contributed by atoms with Crippen molar-refractivity contribution in [2.24, 2.45) is 0 Å². The number of rotatable bonds is 7. The fraction of sp³-hybridized carbons (Fsp3) is 0.348. The zero-order valence-electron chi connectivity index (χ0n) is 16.7. The third-order valence-corrected chi connectivity index (χ3v) is 5.12. The number of ketones is 1. The predicted octanol–water partition coefficient (Wildman–Crippen LogP) is 4.38. The molecule has 2 aromatic carbocycles. The Balaban J connectivity index is 1.50. The van der Waals surface area contributed by atoms with Gasteiger partial charge in [0.1, 0.15) is 17.3 Å². The van der Waals surface area contributed by atoms with Gasteiger partial charge in [-0.05, 0) is 61.9 Å². The van der Waals surface area contributed by atoms with Gasteiger partial charge in [-0.15, -0.1) is 0 Å². The van der Waals surface area contributed by atoms with Crippen LogP contribution in [-0.2, 0) is 27.2 Å². The number of esters is 1. The molecule has 0 fully saturated rings. The molecule has 1 aliphatic rings. The summed E-state index contributed by atoms with van der Waals surface area (Å²) < 4.78 is 32.2. The van der Waals surface area contributed by atoms with E-state index in [1.807, 2.05) is 12.1 Å². The van der Waals surface area contributed by atoms with Gasteiger partial charge in [-0.3, -0.25) is 14.4 Å². The number of para-hydroxylation sites is 1. The first-order valence-electron chi connectivity index (χ1n) is 9.94. The molecule has 158 valence electrons. The number of nitrogens with one attached hydrogen (secondary N) is 1. The number of carbonyl (C=O) groups excluding carboxylic acids is 3. The molecular weight excluding hydrogens is 392 g/mol. The number of halogens is 2. The van der Waals surface area contributed by atoms with E-state index in [4.69, 9.17) is 4.74 Å². The van der Waals surface area contributed by atoms with Crippen LogP contribution in [0.2, 0.25) is 0 Å². The van der Waals surface area contributed by atoms with Gasteiger partial charge >= 0.3 is 5.97 Å². The van der Waals surface area contributed by atoms with Crippen LogP contribution in [0.25, 0.3) is 0 Å². The highest BCUT2D eigenvalue weighted by molar-refractivity contribution is 5.98. The second-order valence-corrected chi connectivity index (χ2v) is 7.33. The van der Waals surface area contributed by atoms with Gasteiger partial charge in [-0.1, -0.05) is 18.2 Å². The maximum atomic E-state index is 13.6. The van der Waals surface area contributed by atoms with Crippen molar-refractivity contribution in [1.29, 1.82) is 0 Å². The fourth-order valence-corrected chi connectivity index (χ4v) is 3.42. The Morgan fingerprint density at radius 1 is 1.00 bits per heavy atom. The minimum absolute atomic E-state index is 0.0477. The molecule has 1 N–H and O–H groups in total. The third kappa shape index (κ3) is 5.28. The summed E-state index contributed by atoms with van der Waals surface area (Å²) in [5.74, 6) is -3.65. The Morgan fingerprint density at radius 3 is 2.37 bits per heavy atom. The molecule has 2 aromatic rings. The molecule has 1 atom stereocenters. The second kappa shape index (κ2) is 9.61. The second-order valence-electron chi connectivity index (χ2n) is 7.33. The van der Waals surface area contributed by atoms with Crippen LogP contribution in [0, 0.1) is 11.6 Å². The van der Waals surface area contributed by atoms with E-state index in [-0.39, 0.29) is 18.6 Å². The van der Waals surface area contributed by atoms with Gasteiger partial charge in [0, 0.05) is 12.0 Å². The van der Waals surface area contributed by atoms with E-state index in [1.54, 1.807) is 6.07 Å². The average molecular weight is 415 g/mol. The van der Waals surface area contributed by atoms with E-state index in [0.717, 1.165) is 37.8 Å². The highest BCUT2D eigenvalue weighted by Crippen LogP contribution is 2.23. The minimum Gasteiger partial charge on any atom is -0.453 e. The highest BCUT2D eigenvalue weighted by Gasteiger charge is 2.21. The monoisotopic (exact) mass is 415 g/mol. The van der Waals surface area contributed by atoms with Crippen molar-refractivity contribution in [2.45, 2.75) is 51.6 Å². The smallest absolute Gasteiger partial charge is 0.307 e. The molecule has 0 aromatic heterocycles. The largest absolute Gasteiger partial charge is 0.453 e. The molecule has 1 aliphatic carbocycles. The molecule has 0 saturated heterocycles. The number of amides is 1. The van der Waals surface area contributed by atoms with E-state index < -0.39 is 35.3 Å².